The molecular weight excluding hydrogens is 240 g/mol. The maximum Gasteiger partial charge on any atom is 0.320 e. The van der Waals surface area contributed by atoms with Crippen LogP contribution in [-0.2, 0) is 4.79 Å². The average Bonchev–Trinajstić information content (AvgIpc) is 2.84. The largest absolute Gasteiger partial charge is 0.480 e. The Morgan fingerprint density at radius 1 is 1.21 bits per heavy atom. The second-order valence-corrected chi connectivity index (χ2v) is 6.48. The standard InChI is InChI=1S/C15H28N2O2/c1-10(2)14(15(18)19)17-13-8-5-6-11(13)12-7-3-4-9-16-12/h10-14,16-17H,3-9H2,1-2H3,(H,18,19). The average molecular weight is 268 g/mol. The van der Waals surface area contributed by atoms with E-state index >= 15 is 0 Å². The molecule has 1 saturated heterocycles. The van der Waals surface area contributed by atoms with E-state index in [-0.39, 0.29) is 5.92 Å². The van der Waals surface area contributed by atoms with Crippen molar-refractivity contribution in [2.45, 2.75) is 70.5 Å². The Labute approximate surface area is 116 Å². The van der Waals surface area contributed by atoms with Crippen molar-refractivity contribution in [3.8, 4) is 0 Å². The molecule has 1 aliphatic heterocycles. The van der Waals surface area contributed by atoms with Gasteiger partial charge in [0.05, 0.1) is 0 Å². The van der Waals surface area contributed by atoms with Gasteiger partial charge in [0, 0.05) is 12.1 Å². The second kappa shape index (κ2) is 6.71. The Kier molecular flexibility index (Phi) is 5.22. The monoisotopic (exact) mass is 268 g/mol. The van der Waals surface area contributed by atoms with Gasteiger partial charge in [0.2, 0.25) is 0 Å². The van der Waals surface area contributed by atoms with Crippen LogP contribution in [0.1, 0.15) is 52.4 Å². The topological polar surface area (TPSA) is 61.4 Å². The van der Waals surface area contributed by atoms with Gasteiger partial charge in [-0.3, -0.25) is 4.79 Å². The molecule has 0 bridgehead atoms. The molecule has 4 unspecified atom stereocenters. The third-order valence-corrected chi connectivity index (χ3v) is 4.76. The van der Waals surface area contributed by atoms with Crippen molar-refractivity contribution in [3.05, 3.63) is 0 Å². The van der Waals surface area contributed by atoms with Gasteiger partial charge < -0.3 is 15.7 Å². The van der Waals surface area contributed by atoms with Gasteiger partial charge in [-0.05, 0) is 44.1 Å². The summed E-state index contributed by atoms with van der Waals surface area (Å²) in [5, 5.41) is 16.4. The van der Waals surface area contributed by atoms with Gasteiger partial charge in [-0.1, -0.05) is 26.7 Å². The Hall–Kier alpha value is -0.610. The van der Waals surface area contributed by atoms with Crippen LogP contribution in [0.4, 0.5) is 0 Å². The highest BCUT2D eigenvalue weighted by molar-refractivity contribution is 5.73. The van der Waals surface area contributed by atoms with Crippen LogP contribution in [0, 0.1) is 11.8 Å². The van der Waals surface area contributed by atoms with Crippen molar-refractivity contribution in [2.75, 3.05) is 6.54 Å². The molecule has 0 aromatic rings. The van der Waals surface area contributed by atoms with Crippen molar-refractivity contribution in [3.63, 3.8) is 0 Å². The molecule has 4 nitrogen and oxygen atoms in total. The van der Waals surface area contributed by atoms with Crippen LogP contribution in [0.25, 0.3) is 0 Å². The molecule has 1 heterocycles. The van der Waals surface area contributed by atoms with Gasteiger partial charge >= 0.3 is 5.97 Å². The summed E-state index contributed by atoms with van der Waals surface area (Å²) in [6.45, 7) is 5.09. The first-order chi connectivity index (χ1) is 9.09. The third kappa shape index (κ3) is 3.69. The summed E-state index contributed by atoms with van der Waals surface area (Å²) >= 11 is 0. The van der Waals surface area contributed by atoms with E-state index in [1.807, 2.05) is 13.8 Å². The Bertz CT molecular complexity index is 301. The number of carboxylic acids is 1. The van der Waals surface area contributed by atoms with Crippen LogP contribution in [0.5, 0.6) is 0 Å². The lowest BCUT2D eigenvalue weighted by Crippen LogP contribution is -2.52. The van der Waals surface area contributed by atoms with E-state index in [9.17, 15) is 9.90 Å². The number of piperidine rings is 1. The van der Waals surface area contributed by atoms with Crippen molar-refractivity contribution in [1.29, 1.82) is 0 Å². The second-order valence-electron chi connectivity index (χ2n) is 6.48. The van der Waals surface area contributed by atoms with Crippen LogP contribution in [-0.4, -0.2) is 35.7 Å². The van der Waals surface area contributed by atoms with E-state index in [1.54, 1.807) is 0 Å². The van der Waals surface area contributed by atoms with E-state index in [1.165, 1.54) is 32.1 Å². The van der Waals surface area contributed by atoms with E-state index in [4.69, 9.17) is 0 Å². The van der Waals surface area contributed by atoms with E-state index in [2.05, 4.69) is 10.6 Å². The molecule has 4 atom stereocenters. The molecule has 0 amide bonds. The van der Waals surface area contributed by atoms with E-state index in [0.29, 0.717) is 18.0 Å². The molecule has 19 heavy (non-hydrogen) atoms. The Balaban J connectivity index is 1.95. The molecule has 110 valence electrons. The summed E-state index contributed by atoms with van der Waals surface area (Å²) in [7, 11) is 0. The lowest BCUT2D eigenvalue weighted by molar-refractivity contribution is -0.141. The number of hydrogen-bond donors (Lipinski definition) is 3. The molecule has 1 aliphatic carbocycles. The van der Waals surface area contributed by atoms with Gasteiger partial charge in [-0.2, -0.15) is 0 Å². The molecule has 2 fully saturated rings. The highest BCUT2D eigenvalue weighted by atomic mass is 16.4. The van der Waals surface area contributed by atoms with Crippen LogP contribution in [0.3, 0.4) is 0 Å². The maximum absolute atomic E-state index is 11.3. The Morgan fingerprint density at radius 3 is 2.58 bits per heavy atom. The van der Waals surface area contributed by atoms with Crippen molar-refractivity contribution >= 4 is 5.97 Å². The molecule has 1 saturated carbocycles. The van der Waals surface area contributed by atoms with Crippen LogP contribution in [0.2, 0.25) is 0 Å². The predicted octanol–water partition coefficient (Wildman–Crippen LogP) is 2.00. The highest BCUT2D eigenvalue weighted by Gasteiger charge is 2.36. The van der Waals surface area contributed by atoms with Gasteiger partial charge in [-0.25, -0.2) is 0 Å². The lowest BCUT2D eigenvalue weighted by atomic mass is 9.87. The molecule has 2 aliphatic rings. The fraction of sp³-hybridized carbons (Fsp3) is 0.933. The quantitative estimate of drug-likeness (QED) is 0.713. The summed E-state index contributed by atoms with van der Waals surface area (Å²) in [6.07, 6.45) is 7.44. The highest BCUT2D eigenvalue weighted by Crippen LogP contribution is 2.32. The van der Waals surface area contributed by atoms with Crippen molar-refractivity contribution in [2.24, 2.45) is 11.8 Å². The van der Waals surface area contributed by atoms with Gasteiger partial charge in [0.1, 0.15) is 6.04 Å². The molecular formula is C15H28N2O2. The Morgan fingerprint density at radius 2 is 2.00 bits per heavy atom. The van der Waals surface area contributed by atoms with Crippen molar-refractivity contribution in [1.82, 2.24) is 10.6 Å². The first kappa shape index (κ1) is 14.8. The smallest absolute Gasteiger partial charge is 0.320 e. The first-order valence-electron chi connectivity index (χ1n) is 7.82. The number of carbonyl (C=O) groups is 1. The molecule has 3 N–H and O–H groups in total. The molecule has 0 aromatic heterocycles. The number of nitrogens with one attached hydrogen (secondary N) is 2. The van der Waals surface area contributed by atoms with Gasteiger partial charge in [-0.15, -0.1) is 0 Å². The van der Waals surface area contributed by atoms with Crippen LogP contribution >= 0.6 is 0 Å². The zero-order chi connectivity index (χ0) is 13.8. The lowest BCUT2D eigenvalue weighted by Gasteiger charge is -2.34. The number of carboxylic acid groups (broad SMARTS) is 1. The fourth-order valence-corrected chi connectivity index (χ4v) is 3.70. The molecule has 0 spiro atoms. The van der Waals surface area contributed by atoms with Crippen molar-refractivity contribution < 1.29 is 9.90 Å². The molecule has 2 rings (SSSR count). The van der Waals surface area contributed by atoms with E-state index in [0.717, 1.165) is 13.0 Å². The van der Waals surface area contributed by atoms with Gasteiger partial charge in [0.25, 0.3) is 0 Å². The molecule has 0 radical (unpaired) electrons. The minimum Gasteiger partial charge on any atom is -0.480 e. The maximum atomic E-state index is 11.3. The molecule has 0 aromatic carbocycles. The number of aliphatic carboxylic acids is 1. The third-order valence-electron chi connectivity index (χ3n) is 4.76. The predicted molar refractivity (Wildman–Crippen MR) is 76.2 cm³/mol. The molecule has 4 heteroatoms. The SMILES string of the molecule is CC(C)C(NC1CCCC1C1CCCCN1)C(=O)O. The van der Waals surface area contributed by atoms with Crippen LogP contribution < -0.4 is 10.6 Å². The zero-order valence-electron chi connectivity index (χ0n) is 12.2. The number of hydrogen-bond acceptors (Lipinski definition) is 3. The minimum absolute atomic E-state index is 0.137. The zero-order valence-corrected chi connectivity index (χ0v) is 12.2. The normalized spacial score (nSPS) is 33.5. The summed E-state index contributed by atoms with van der Waals surface area (Å²) in [5.74, 6) is 0.0382. The van der Waals surface area contributed by atoms with Crippen LogP contribution in [0.15, 0.2) is 0 Å². The summed E-state index contributed by atoms with van der Waals surface area (Å²) in [4.78, 5) is 11.3. The fourth-order valence-electron chi connectivity index (χ4n) is 3.70. The first-order valence-corrected chi connectivity index (χ1v) is 7.82. The summed E-state index contributed by atoms with van der Waals surface area (Å²) in [6, 6.07) is 0.559. The minimum atomic E-state index is -0.711. The van der Waals surface area contributed by atoms with Gasteiger partial charge in [0.15, 0.2) is 0 Å². The number of rotatable bonds is 5. The summed E-state index contributed by atoms with van der Waals surface area (Å²) < 4.78 is 0. The van der Waals surface area contributed by atoms with E-state index < -0.39 is 12.0 Å². The summed E-state index contributed by atoms with van der Waals surface area (Å²) in [5.41, 5.74) is 0.